The van der Waals surface area contributed by atoms with E-state index in [0.29, 0.717) is 22.3 Å². The maximum atomic E-state index is 14.0. The number of aliphatic hydroxyl groups is 2. The summed E-state index contributed by atoms with van der Waals surface area (Å²) in [5.41, 5.74) is 8.65. The third-order valence-electron chi connectivity index (χ3n) is 10.6. The molecule has 0 spiro atoms. The van der Waals surface area contributed by atoms with Crippen molar-refractivity contribution in [2.45, 2.75) is 84.6 Å². The number of aryl methyl sites for hydroxylation is 8. The molecule has 1 saturated heterocycles. The van der Waals surface area contributed by atoms with Crippen LogP contribution in [0.4, 0.5) is 0 Å². The van der Waals surface area contributed by atoms with E-state index >= 15 is 0 Å². The van der Waals surface area contributed by atoms with Crippen molar-refractivity contribution in [2.75, 3.05) is 0 Å². The Morgan fingerprint density at radius 3 is 0.830 bits per heavy atom. The van der Waals surface area contributed by atoms with Crippen molar-refractivity contribution in [3.8, 4) is 0 Å². The van der Waals surface area contributed by atoms with E-state index in [1.807, 2.05) is 165 Å². The summed E-state index contributed by atoms with van der Waals surface area (Å²) in [5.74, 6) is -1.50. The van der Waals surface area contributed by atoms with Gasteiger partial charge >= 0.3 is 0 Å². The maximum Gasteiger partial charge on any atom is 0.223 e. The van der Waals surface area contributed by atoms with E-state index in [1.165, 1.54) is 0 Å². The molecular formula is C49H50O4. The lowest BCUT2D eigenvalue weighted by Crippen LogP contribution is -2.55. The van der Waals surface area contributed by atoms with E-state index in [1.54, 1.807) is 0 Å². The molecule has 4 nitrogen and oxygen atoms in total. The van der Waals surface area contributed by atoms with E-state index in [-0.39, 0.29) is 0 Å². The van der Waals surface area contributed by atoms with Gasteiger partial charge in [-0.05, 0) is 77.6 Å². The van der Waals surface area contributed by atoms with Crippen LogP contribution >= 0.6 is 0 Å². The quantitative estimate of drug-likeness (QED) is 0.166. The van der Waals surface area contributed by atoms with Gasteiger partial charge in [-0.3, -0.25) is 0 Å². The van der Waals surface area contributed by atoms with Crippen molar-refractivity contribution in [1.82, 2.24) is 0 Å². The summed E-state index contributed by atoms with van der Waals surface area (Å²) < 4.78 is 15.1. The second kappa shape index (κ2) is 13.9. The highest BCUT2D eigenvalue weighted by Crippen LogP contribution is 2.55. The summed E-state index contributed by atoms with van der Waals surface area (Å²) in [6.07, 6.45) is -2.28. The molecule has 0 aromatic heterocycles. The van der Waals surface area contributed by atoms with Crippen LogP contribution in [0, 0.1) is 55.4 Å². The Hall–Kier alpha value is -4.84. The van der Waals surface area contributed by atoms with Gasteiger partial charge in [0.05, 0.1) is 0 Å². The number of ether oxygens (including phenoxy) is 2. The number of hydrogen-bond acceptors (Lipinski definition) is 4. The summed E-state index contributed by atoms with van der Waals surface area (Å²) in [4.78, 5) is 0. The monoisotopic (exact) mass is 702 g/mol. The van der Waals surface area contributed by atoms with Gasteiger partial charge in [-0.15, -0.1) is 0 Å². The minimum absolute atomic E-state index is 0.665. The van der Waals surface area contributed by atoms with E-state index < -0.39 is 29.2 Å². The molecule has 0 unspecified atom stereocenters. The van der Waals surface area contributed by atoms with Gasteiger partial charge in [-0.1, -0.05) is 178 Å². The minimum atomic E-state index is -1.80. The van der Waals surface area contributed by atoms with Crippen LogP contribution in [-0.4, -0.2) is 22.4 Å². The van der Waals surface area contributed by atoms with Gasteiger partial charge in [0.2, 0.25) is 5.79 Å². The average Bonchev–Trinajstić information content (AvgIpc) is 3.53. The third-order valence-corrected chi connectivity index (χ3v) is 10.6. The fourth-order valence-electron chi connectivity index (χ4n) is 8.64. The highest BCUT2D eigenvalue weighted by molar-refractivity contribution is 5.50. The Bertz CT molecular complexity index is 1930. The van der Waals surface area contributed by atoms with Gasteiger partial charge in [0.25, 0.3) is 0 Å². The lowest BCUT2D eigenvalue weighted by molar-refractivity contribution is -0.176. The normalized spacial score (nSPS) is 17.2. The lowest BCUT2D eigenvalue weighted by atomic mass is 9.70. The second-order valence-electron chi connectivity index (χ2n) is 15.5. The average molecular weight is 703 g/mol. The molecule has 2 N–H and O–H groups in total. The lowest BCUT2D eigenvalue weighted by Gasteiger charge is -2.43. The van der Waals surface area contributed by atoms with E-state index in [0.717, 1.165) is 55.6 Å². The zero-order valence-electron chi connectivity index (χ0n) is 32.1. The van der Waals surface area contributed by atoms with Crippen LogP contribution < -0.4 is 0 Å². The molecule has 1 aliphatic heterocycles. The van der Waals surface area contributed by atoms with Crippen LogP contribution in [0.25, 0.3) is 0 Å². The molecule has 7 rings (SSSR count). The number of benzene rings is 6. The van der Waals surface area contributed by atoms with Crippen LogP contribution in [0.3, 0.4) is 0 Å². The highest BCUT2D eigenvalue weighted by atomic mass is 16.8. The van der Waals surface area contributed by atoms with Crippen molar-refractivity contribution in [3.63, 3.8) is 0 Å². The first kappa shape index (κ1) is 36.5. The highest BCUT2D eigenvalue weighted by Gasteiger charge is 2.64. The summed E-state index contributed by atoms with van der Waals surface area (Å²) >= 11 is 0. The van der Waals surface area contributed by atoms with Crippen LogP contribution in [-0.2, 0) is 26.5 Å². The molecule has 0 radical (unpaired) electrons. The smallest absolute Gasteiger partial charge is 0.223 e. The Balaban J connectivity index is 1.63. The fraction of sp³-hybridized carbons (Fsp3) is 0.265. The zero-order chi connectivity index (χ0) is 37.7. The van der Waals surface area contributed by atoms with E-state index in [4.69, 9.17) is 9.47 Å². The third kappa shape index (κ3) is 6.55. The molecule has 0 saturated carbocycles. The first-order valence-electron chi connectivity index (χ1n) is 18.5. The molecule has 6 aromatic rings. The van der Waals surface area contributed by atoms with Crippen LogP contribution in [0.1, 0.15) is 77.9 Å². The van der Waals surface area contributed by atoms with E-state index in [2.05, 4.69) is 24.3 Å². The molecule has 0 amide bonds. The molecule has 1 aliphatic rings. The molecule has 1 heterocycles. The number of hydrogen-bond donors (Lipinski definition) is 2. The molecule has 53 heavy (non-hydrogen) atoms. The van der Waals surface area contributed by atoms with Crippen molar-refractivity contribution in [1.29, 1.82) is 0 Å². The molecule has 2 atom stereocenters. The van der Waals surface area contributed by atoms with Crippen LogP contribution in [0.2, 0.25) is 0 Å². The van der Waals surface area contributed by atoms with Gasteiger partial charge in [0.15, 0.2) is 0 Å². The Labute approximate surface area is 314 Å². The predicted molar refractivity (Wildman–Crippen MR) is 213 cm³/mol. The van der Waals surface area contributed by atoms with Crippen molar-refractivity contribution < 1.29 is 19.7 Å². The first-order valence-corrected chi connectivity index (χ1v) is 18.5. The molecule has 0 bridgehead atoms. The molecule has 6 aromatic carbocycles. The summed E-state index contributed by atoms with van der Waals surface area (Å²) in [7, 11) is 0. The molecule has 0 aliphatic carbocycles. The Morgan fingerprint density at radius 1 is 0.377 bits per heavy atom. The topological polar surface area (TPSA) is 58.9 Å². The van der Waals surface area contributed by atoms with Crippen LogP contribution in [0.5, 0.6) is 0 Å². The second-order valence-corrected chi connectivity index (χ2v) is 15.5. The Kier molecular flexibility index (Phi) is 9.55. The molecule has 4 heteroatoms. The summed E-state index contributed by atoms with van der Waals surface area (Å²) in [6.45, 7) is 16.3. The first-order chi connectivity index (χ1) is 25.2. The summed E-state index contributed by atoms with van der Waals surface area (Å²) in [5, 5.41) is 28.0. The van der Waals surface area contributed by atoms with Gasteiger partial charge in [-0.2, -0.15) is 0 Å². The predicted octanol–water partition coefficient (Wildman–Crippen LogP) is 10.0. The molecule has 270 valence electrons. The maximum absolute atomic E-state index is 14.0. The minimum Gasteiger partial charge on any atom is -0.378 e. The molecular weight excluding hydrogens is 653 g/mol. The summed E-state index contributed by atoms with van der Waals surface area (Å²) in [6, 6.07) is 44.4. The fourth-order valence-corrected chi connectivity index (χ4v) is 8.64. The Morgan fingerprint density at radius 2 is 0.604 bits per heavy atom. The van der Waals surface area contributed by atoms with Crippen molar-refractivity contribution >= 4 is 0 Å². The van der Waals surface area contributed by atoms with Gasteiger partial charge < -0.3 is 19.7 Å². The standard InChI is InChI=1S/C49H50O4/c1-31-19-32(2)24-41(23-31)47(50,42-25-33(3)20-34(4)26-42)45-46(53-49(52-45,39-15-11-9-12-16-39)40-17-13-10-14-18-40)48(51,43-27-35(5)21-36(6)28-43)44-29-37(7)22-38(8)30-44/h9-30,45-46,50-51H,1-8H3/t45-,46-/m1/s1. The van der Waals surface area contributed by atoms with E-state index in [9.17, 15) is 10.2 Å². The number of rotatable bonds is 8. The zero-order valence-corrected chi connectivity index (χ0v) is 32.1. The SMILES string of the molecule is Cc1cc(C)cc(C(O)(c2cc(C)cc(C)c2)[C@@H]2OC(c3ccccc3)(c3ccccc3)O[C@H]2C(O)(c2cc(C)cc(C)c2)c2cc(C)cc(C)c2)c1. The van der Waals surface area contributed by atoms with Gasteiger partial charge in [0, 0.05) is 11.1 Å². The van der Waals surface area contributed by atoms with Crippen molar-refractivity contribution in [2.24, 2.45) is 0 Å². The van der Waals surface area contributed by atoms with Crippen LogP contribution in [0.15, 0.2) is 133 Å². The van der Waals surface area contributed by atoms with Gasteiger partial charge in [0.1, 0.15) is 23.4 Å². The van der Waals surface area contributed by atoms with Gasteiger partial charge in [-0.25, -0.2) is 0 Å². The molecule has 1 fully saturated rings. The largest absolute Gasteiger partial charge is 0.378 e. The van der Waals surface area contributed by atoms with Crippen molar-refractivity contribution in [3.05, 3.63) is 211 Å².